The first-order valence-electron chi connectivity index (χ1n) is 6.17. The zero-order valence-electron chi connectivity index (χ0n) is 10.1. The second kappa shape index (κ2) is 4.46. The van der Waals surface area contributed by atoms with E-state index in [9.17, 15) is 5.11 Å². The molecule has 1 aromatic rings. The van der Waals surface area contributed by atoms with Crippen molar-refractivity contribution in [3.05, 3.63) is 29.8 Å². The van der Waals surface area contributed by atoms with Crippen molar-refractivity contribution in [1.82, 2.24) is 0 Å². The monoisotopic (exact) mass is 220 g/mol. The summed E-state index contributed by atoms with van der Waals surface area (Å²) in [5.41, 5.74) is 0.769. The summed E-state index contributed by atoms with van der Waals surface area (Å²) in [7, 11) is 0. The fourth-order valence-corrected chi connectivity index (χ4v) is 2.59. The number of benzene rings is 1. The Labute approximate surface area is 97.3 Å². The maximum absolute atomic E-state index is 10.2. The average molecular weight is 220 g/mol. The number of para-hydroxylation sites is 1. The third kappa shape index (κ3) is 1.94. The Kier molecular flexibility index (Phi) is 3.20. The van der Waals surface area contributed by atoms with Crippen molar-refractivity contribution in [1.29, 1.82) is 0 Å². The van der Waals surface area contributed by atoms with Gasteiger partial charge in [-0.25, -0.2) is 0 Å². The summed E-state index contributed by atoms with van der Waals surface area (Å²) >= 11 is 0. The van der Waals surface area contributed by atoms with Crippen LogP contribution in [0, 0.1) is 0 Å². The van der Waals surface area contributed by atoms with Gasteiger partial charge in [-0.15, -0.1) is 0 Å². The van der Waals surface area contributed by atoms with Crippen molar-refractivity contribution < 1.29 is 9.84 Å². The first kappa shape index (κ1) is 11.5. The van der Waals surface area contributed by atoms with E-state index < -0.39 is 0 Å². The Morgan fingerprint density at radius 1 is 1.38 bits per heavy atom. The number of hydrogen-bond donors (Lipinski definition) is 1. The molecule has 1 aliphatic heterocycles. The summed E-state index contributed by atoms with van der Waals surface area (Å²) in [4.78, 5) is 0. The minimum atomic E-state index is -0.378. The molecular weight excluding hydrogens is 200 g/mol. The summed E-state index contributed by atoms with van der Waals surface area (Å²) in [6, 6.07) is 7.82. The lowest BCUT2D eigenvalue weighted by atomic mass is 9.84. The average Bonchev–Trinajstić information content (AvgIpc) is 2.29. The van der Waals surface area contributed by atoms with Crippen molar-refractivity contribution in [2.45, 2.75) is 51.2 Å². The van der Waals surface area contributed by atoms with Gasteiger partial charge in [-0.1, -0.05) is 38.5 Å². The van der Waals surface area contributed by atoms with Crippen molar-refractivity contribution in [2.24, 2.45) is 0 Å². The Morgan fingerprint density at radius 2 is 2.12 bits per heavy atom. The number of aliphatic hydroxyl groups is 1. The molecule has 0 radical (unpaired) electrons. The molecule has 0 saturated heterocycles. The van der Waals surface area contributed by atoms with Gasteiger partial charge in [0.15, 0.2) is 0 Å². The molecule has 0 bridgehead atoms. The van der Waals surface area contributed by atoms with Crippen LogP contribution in [-0.4, -0.2) is 10.7 Å². The molecule has 0 amide bonds. The van der Waals surface area contributed by atoms with E-state index >= 15 is 0 Å². The zero-order chi connectivity index (χ0) is 11.6. The number of aliphatic hydroxyl groups excluding tert-OH is 1. The molecule has 1 heterocycles. The number of rotatable bonds is 3. The molecule has 0 fully saturated rings. The van der Waals surface area contributed by atoms with Gasteiger partial charge in [-0.05, 0) is 18.9 Å². The maximum atomic E-state index is 10.2. The largest absolute Gasteiger partial charge is 0.487 e. The second-order valence-electron chi connectivity index (χ2n) is 4.65. The first-order chi connectivity index (χ1) is 7.71. The quantitative estimate of drug-likeness (QED) is 0.845. The van der Waals surface area contributed by atoms with E-state index in [1.54, 1.807) is 0 Å². The van der Waals surface area contributed by atoms with Gasteiger partial charge in [-0.2, -0.15) is 0 Å². The topological polar surface area (TPSA) is 29.5 Å². The Balaban J connectivity index is 2.32. The van der Waals surface area contributed by atoms with Gasteiger partial charge in [0.25, 0.3) is 0 Å². The summed E-state index contributed by atoms with van der Waals surface area (Å²) in [5, 5.41) is 10.2. The summed E-state index contributed by atoms with van der Waals surface area (Å²) < 4.78 is 6.12. The summed E-state index contributed by atoms with van der Waals surface area (Å²) in [6.07, 6.45) is 3.38. The molecule has 1 unspecified atom stereocenters. The first-order valence-corrected chi connectivity index (χ1v) is 6.17. The molecule has 0 aromatic heterocycles. The van der Waals surface area contributed by atoms with E-state index in [0.29, 0.717) is 6.42 Å². The van der Waals surface area contributed by atoms with Crippen molar-refractivity contribution in [2.75, 3.05) is 0 Å². The Bertz CT molecular complexity index is 362. The van der Waals surface area contributed by atoms with Crippen molar-refractivity contribution >= 4 is 0 Å². The molecule has 88 valence electrons. The lowest BCUT2D eigenvalue weighted by molar-refractivity contribution is -0.0231. The highest BCUT2D eigenvalue weighted by Gasteiger charge is 2.38. The van der Waals surface area contributed by atoms with E-state index in [1.165, 1.54) is 0 Å². The van der Waals surface area contributed by atoms with Crippen LogP contribution in [0.3, 0.4) is 0 Å². The van der Waals surface area contributed by atoms with E-state index in [4.69, 9.17) is 4.74 Å². The van der Waals surface area contributed by atoms with Gasteiger partial charge >= 0.3 is 0 Å². The van der Waals surface area contributed by atoms with Gasteiger partial charge in [0, 0.05) is 12.0 Å². The van der Waals surface area contributed by atoms with E-state index in [0.717, 1.165) is 30.6 Å². The molecule has 16 heavy (non-hydrogen) atoms. The van der Waals surface area contributed by atoms with Gasteiger partial charge in [0.1, 0.15) is 11.4 Å². The Morgan fingerprint density at radius 3 is 2.81 bits per heavy atom. The molecular formula is C14H20O2. The molecule has 0 saturated carbocycles. The molecule has 0 aliphatic carbocycles. The van der Waals surface area contributed by atoms with Crippen LogP contribution >= 0.6 is 0 Å². The molecule has 1 N–H and O–H groups in total. The van der Waals surface area contributed by atoms with Crippen LogP contribution in [0.5, 0.6) is 5.75 Å². The SMILES string of the molecule is CCCC1(CC)C[C@H](O)c2ccccc2O1. The molecule has 1 aliphatic rings. The molecule has 2 rings (SSSR count). The predicted octanol–water partition coefficient (Wildman–Crippen LogP) is 3.45. The van der Waals surface area contributed by atoms with E-state index in [1.807, 2.05) is 24.3 Å². The molecule has 0 spiro atoms. The van der Waals surface area contributed by atoms with Crippen LogP contribution in [0.1, 0.15) is 51.2 Å². The van der Waals surface area contributed by atoms with Crippen LogP contribution < -0.4 is 4.74 Å². The van der Waals surface area contributed by atoms with Crippen molar-refractivity contribution in [3.8, 4) is 5.75 Å². The number of ether oxygens (including phenoxy) is 1. The summed E-state index contributed by atoms with van der Waals surface area (Å²) in [5.74, 6) is 0.858. The fraction of sp³-hybridized carbons (Fsp3) is 0.571. The third-order valence-corrected chi connectivity index (χ3v) is 3.52. The summed E-state index contributed by atoms with van der Waals surface area (Å²) in [6.45, 7) is 4.30. The van der Waals surface area contributed by atoms with Crippen LogP contribution in [0.4, 0.5) is 0 Å². The smallest absolute Gasteiger partial charge is 0.125 e. The normalized spacial score (nSPS) is 28.3. The second-order valence-corrected chi connectivity index (χ2v) is 4.65. The van der Waals surface area contributed by atoms with Gasteiger partial charge in [0.05, 0.1) is 6.10 Å². The number of fused-ring (bicyclic) bond motifs is 1. The highest BCUT2D eigenvalue weighted by molar-refractivity contribution is 5.37. The molecule has 2 nitrogen and oxygen atoms in total. The Hall–Kier alpha value is -1.02. The molecule has 2 atom stereocenters. The predicted molar refractivity (Wildman–Crippen MR) is 64.6 cm³/mol. The van der Waals surface area contributed by atoms with Crippen molar-refractivity contribution in [3.63, 3.8) is 0 Å². The fourth-order valence-electron chi connectivity index (χ4n) is 2.59. The minimum absolute atomic E-state index is 0.164. The van der Waals surface area contributed by atoms with Crippen LogP contribution in [-0.2, 0) is 0 Å². The highest BCUT2D eigenvalue weighted by Crippen LogP contribution is 2.42. The van der Waals surface area contributed by atoms with Crippen LogP contribution in [0.25, 0.3) is 0 Å². The maximum Gasteiger partial charge on any atom is 0.125 e. The highest BCUT2D eigenvalue weighted by atomic mass is 16.5. The van der Waals surface area contributed by atoms with E-state index in [-0.39, 0.29) is 11.7 Å². The lowest BCUT2D eigenvalue weighted by Gasteiger charge is -2.40. The molecule has 2 heteroatoms. The van der Waals surface area contributed by atoms with E-state index in [2.05, 4.69) is 13.8 Å². The standard InChI is InChI=1S/C14H20O2/c1-3-9-14(4-2)10-12(15)11-7-5-6-8-13(11)16-14/h5-8,12,15H,3-4,9-10H2,1-2H3/t12-,14?/m0/s1. The zero-order valence-corrected chi connectivity index (χ0v) is 10.1. The third-order valence-electron chi connectivity index (χ3n) is 3.52. The minimum Gasteiger partial charge on any atom is -0.487 e. The molecule has 1 aromatic carbocycles. The van der Waals surface area contributed by atoms with Gasteiger partial charge in [-0.3, -0.25) is 0 Å². The van der Waals surface area contributed by atoms with Gasteiger partial charge in [0.2, 0.25) is 0 Å². The number of hydrogen-bond acceptors (Lipinski definition) is 2. The van der Waals surface area contributed by atoms with Gasteiger partial charge < -0.3 is 9.84 Å². The van der Waals surface area contributed by atoms with Crippen LogP contribution in [0.15, 0.2) is 24.3 Å². The lowest BCUT2D eigenvalue weighted by Crippen LogP contribution is -2.40. The van der Waals surface area contributed by atoms with Crippen LogP contribution in [0.2, 0.25) is 0 Å².